The minimum Gasteiger partial charge on any atom is -0.337 e. The molecule has 1 saturated heterocycles. The summed E-state index contributed by atoms with van der Waals surface area (Å²) in [5, 5.41) is 1.39. The van der Waals surface area contributed by atoms with Crippen LogP contribution in [0.1, 0.15) is 56.4 Å². The van der Waals surface area contributed by atoms with Crippen molar-refractivity contribution in [2.45, 2.75) is 76.0 Å². The van der Waals surface area contributed by atoms with E-state index in [0.717, 1.165) is 48.0 Å². The summed E-state index contributed by atoms with van der Waals surface area (Å²) in [5.41, 5.74) is 1.99. The number of fused-ring (bicyclic) bond motifs is 3. The Bertz CT molecular complexity index is 1190. The van der Waals surface area contributed by atoms with E-state index in [9.17, 15) is 9.59 Å². The molecule has 1 aromatic carbocycles. The maximum absolute atomic E-state index is 13.8. The van der Waals surface area contributed by atoms with Crippen LogP contribution in [0.15, 0.2) is 40.3 Å². The molecule has 0 N–H and O–H groups in total. The number of thiophene rings is 1. The van der Waals surface area contributed by atoms with E-state index in [1.807, 2.05) is 35.2 Å². The van der Waals surface area contributed by atoms with Gasteiger partial charge in [0.2, 0.25) is 5.91 Å². The first-order valence-electron chi connectivity index (χ1n) is 11.6. The summed E-state index contributed by atoms with van der Waals surface area (Å²) < 4.78 is 1.71. The average molecular weight is 468 g/mol. The smallest absolute Gasteiger partial charge is 0.267 e. The van der Waals surface area contributed by atoms with Crippen molar-refractivity contribution in [2.75, 3.05) is 5.75 Å². The van der Waals surface area contributed by atoms with Gasteiger partial charge in [0, 0.05) is 17.0 Å². The lowest BCUT2D eigenvalue weighted by molar-refractivity contribution is -0.134. The fourth-order valence-electron chi connectivity index (χ4n) is 5.20. The standard InChI is InChI=1S/C25H29N3O2S2/c1-16-9-8-10-17(2)27(16)21(29)15-31-25-26-23-22(19-13-6-7-14-20(19)32-23)24(30)28(25)18-11-4-3-5-12-18/h3-5,11-12,16-17H,6-10,13-15H2,1-2H3/t16-,17+. The summed E-state index contributed by atoms with van der Waals surface area (Å²) in [6.07, 6.45) is 7.58. The zero-order chi connectivity index (χ0) is 22.2. The Labute approximate surface area is 196 Å². The fourth-order valence-corrected chi connectivity index (χ4v) is 7.39. The minimum absolute atomic E-state index is 0.00439. The number of benzene rings is 1. The lowest BCUT2D eigenvalue weighted by Gasteiger charge is -2.39. The Morgan fingerprint density at radius 2 is 1.81 bits per heavy atom. The first-order valence-corrected chi connectivity index (χ1v) is 13.4. The van der Waals surface area contributed by atoms with Crippen LogP contribution < -0.4 is 5.56 Å². The van der Waals surface area contributed by atoms with E-state index in [0.29, 0.717) is 10.9 Å². The highest BCUT2D eigenvalue weighted by Crippen LogP contribution is 2.35. The van der Waals surface area contributed by atoms with Crippen molar-refractivity contribution in [1.82, 2.24) is 14.5 Å². The van der Waals surface area contributed by atoms with Gasteiger partial charge in [-0.3, -0.25) is 14.2 Å². The highest BCUT2D eigenvalue weighted by atomic mass is 32.2. The highest BCUT2D eigenvalue weighted by molar-refractivity contribution is 7.99. The van der Waals surface area contributed by atoms with Crippen LogP contribution >= 0.6 is 23.1 Å². The molecule has 1 fully saturated rings. The molecule has 0 saturated carbocycles. The number of aromatic nitrogens is 2. The van der Waals surface area contributed by atoms with E-state index in [4.69, 9.17) is 4.98 Å². The molecule has 5 rings (SSSR count). The molecule has 0 bridgehead atoms. The summed E-state index contributed by atoms with van der Waals surface area (Å²) in [6, 6.07) is 10.2. The maximum Gasteiger partial charge on any atom is 0.267 e. The van der Waals surface area contributed by atoms with Crippen molar-refractivity contribution in [1.29, 1.82) is 0 Å². The predicted molar refractivity (Wildman–Crippen MR) is 132 cm³/mol. The molecule has 0 unspecified atom stereocenters. The van der Waals surface area contributed by atoms with Crippen molar-refractivity contribution in [3.8, 4) is 5.69 Å². The van der Waals surface area contributed by atoms with E-state index >= 15 is 0 Å². The molecule has 1 aliphatic carbocycles. The number of aryl methyl sites for hydroxylation is 2. The van der Waals surface area contributed by atoms with Crippen molar-refractivity contribution in [3.63, 3.8) is 0 Å². The molecule has 0 spiro atoms. The van der Waals surface area contributed by atoms with Gasteiger partial charge in [-0.25, -0.2) is 4.98 Å². The number of likely N-dealkylation sites (tertiary alicyclic amines) is 1. The molecule has 5 nitrogen and oxygen atoms in total. The van der Waals surface area contributed by atoms with Gasteiger partial charge in [0.1, 0.15) is 4.83 Å². The number of carbonyl (C=O) groups is 1. The largest absolute Gasteiger partial charge is 0.337 e. The van der Waals surface area contributed by atoms with E-state index in [2.05, 4.69) is 13.8 Å². The monoisotopic (exact) mass is 467 g/mol. The number of amides is 1. The third-order valence-corrected chi connectivity index (χ3v) is 8.89. The predicted octanol–water partition coefficient (Wildman–Crippen LogP) is 5.21. The molecule has 2 aromatic heterocycles. The third-order valence-electron chi connectivity index (χ3n) is 6.78. The number of hydrogen-bond donors (Lipinski definition) is 0. The summed E-state index contributed by atoms with van der Waals surface area (Å²) in [7, 11) is 0. The number of nitrogens with zero attached hydrogens (tertiary/aromatic N) is 3. The van der Waals surface area contributed by atoms with Crippen LogP contribution in [-0.4, -0.2) is 38.2 Å². The zero-order valence-electron chi connectivity index (χ0n) is 18.7. The van der Waals surface area contributed by atoms with Crippen LogP contribution in [0.5, 0.6) is 0 Å². The molecular weight excluding hydrogens is 438 g/mol. The van der Waals surface area contributed by atoms with Crippen LogP contribution in [0.2, 0.25) is 0 Å². The van der Waals surface area contributed by atoms with Gasteiger partial charge in [-0.15, -0.1) is 11.3 Å². The van der Waals surface area contributed by atoms with Gasteiger partial charge in [0.25, 0.3) is 5.56 Å². The van der Waals surface area contributed by atoms with Crippen LogP contribution in [0.4, 0.5) is 0 Å². The second-order valence-electron chi connectivity index (χ2n) is 8.98. The quantitative estimate of drug-likeness (QED) is 0.391. The SMILES string of the molecule is C[C@@H]1CCC[C@H](C)N1C(=O)CSc1nc2sc3c(c2c(=O)n1-c1ccccc1)CCCC3. The van der Waals surface area contributed by atoms with Gasteiger partial charge in [-0.1, -0.05) is 30.0 Å². The van der Waals surface area contributed by atoms with E-state index in [1.54, 1.807) is 15.9 Å². The van der Waals surface area contributed by atoms with E-state index in [-0.39, 0.29) is 23.6 Å². The van der Waals surface area contributed by atoms with Crippen LogP contribution in [-0.2, 0) is 17.6 Å². The number of thioether (sulfide) groups is 1. The van der Waals surface area contributed by atoms with Gasteiger partial charge in [0.15, 0.2) is 5.16 Å². The molecule has 3 heterocycles. The molecule has 7 heteroatoms. The summed E-state index contributed by atoms with van der Waals surface area (Å²) in [4.78, 5) is 36.0. The van der Waals surface area contributed by atoms with E-state index < -0.39 is 0 Å². The second-order valence-corrected chi connectivity index (χ2v) is 11.0. The molecule has 32 heavy (non-hydrogen) atoms. The van der Waals surface area contributed by atoms with Gasteiger partial charge < -0.3 is 4.90 Å². The molecule has 1 amide bonds. The molecule has 2 atom stereocenters. The number of para-hydroxylation sites is 1. The number of carbonyl (C=O) groups excluding carboxylic acids is 1. The maximum atomic E-state index is 13.8. The van der Waals surface area contributed by atoms with Crippen LogP contribution in [0.25, 0.3) is 15.9 Å². The highest BCUT2D eigenvalue weighted by Gasteiger charge is 2.29. The van der Waals surface area contributed by atoms with Gasteiger partial charge in [-0.05, 0) is 76.5 Å². The Kier molecular flexibility index (Phi) is 6.12. The number of rotatable bonds is 4. The Balaban J connectivity index is 1.54. The Morgan fingerprint density at radius 3 is 2.56 bits per heavy atom. The van der Waals surface area contributed by atoms with Crippen molar-refractivity contribution in [2.24, 2.45) is 0 Å². The Morgan fingerprint density at radius 1 is 1.09 bits per heavy atom. The van der Waals surface area contributed by atoms with Gasteiger partial charge >= 0.3 is 0 Å². The normalized spacial score (nSPS) is 21.0. The topological polar surface area (TPSA) is 55.2 Å². The van der Waals surface area contributed by atoms with Crippen molar-refractivity contribution < 1.29 is 4.79 Å². The lowest BCUT2D eigenvalue weighted by atomic mass is 9.97. The Hall–Kier alpha value is -2.12. The molecule has 3 aromatic rings. The van der Waals surface area contributed by atoms with Gasteiger partial charge in [0.05, 0.1) is 16.8 Å². The fraction of sp³-hybridized carbons (Fsp3) is 0.480. The van der Waals surface area contributed by atoms with Crippen molar-refractivity contribution in [3.05, 3.63) is 51.1 Å². The summed E-state index contributed by atoms with van der Waals surface area (Å²) in [6.45, 7) is 4.27. The zero-order valence-corrected chi connectivity index (χ0v) is 20.3. The molecular formula is C25H29N3O2S2. The number of piperidine rings is 1. The average Bonchev–Trinajstić information content (AvgIpc) is 3.17. The van der Waals surface area contributed by atoms with Crippen LogP contribution in [0, 0.1) is 0 Å². The second kappa shape index (κ2) is 9.02. The van der Waals surface area contributed by atoms with Crippen LogP contribution in [0.3, 0.4) is 0 Å². The van der Waals surface area contributed by atoms with Gasteiger partial charge in [-0.2, -0.15) is 0 Å². The summed E-state index contributed by atoms with van der Waals surface area (Å²) >= 11 is 3.05. The first kappa shape index (κ1) is 21.7. The number of hydrogen-bond acceptors (Lipinski definition) is 5. The van der Waals surface area contributed by atoms with E-state index in [1.165, 1.54) is 35.0 Å². The van der Waals surface area contributed by atoms with Crippen molar-refractivity contribution >= 4 is 39.2 Å². The molecule has 2 aliphatic rings. The molecule has 0 radical (unpaired) electrons. The molecule has 1 aliphatic heterocycles. The molecule has 168 valence electrons. The third kappa shape index (κ3) is 3.90. The lowest BCUT2D eigenvalue weighted by Crippen LogP contribution is -2.48. The first-order chi connectivity index (χ1) is 15.5. The minimum atomic E-state index is -0.00439. The summed E-state index contributed by atoms with van der Waals surface area (Å²) in [5.74, 6) is 0.430.